The molecular formula is C11H18N2O2. The summed E-state index contributed by atoms with van der Waals surface area (Å²) >= 11 is 0. The molecule has 0 aliphatic carbocycles. The number of ether oxygens (including phenoxy) is 1. The van der Waals surface area contributed by atoms with Gasteiger partial charge in [0.05, 0.1) is 24.7 Å². The Morgan fingerprint density at radius 2 is 2.47 bits per heavy atom. The van der Waals surface area contributed by atoms with Gasteiger partial charge in [0.1, 0.15) is 0 Å². The van der Waals surface area contributed by atoms with Crippen molar-refractivity contribution >= 4 is 5.91 Å². The quantitative estimate of drug-likeness (QED) is 0.639. The van der Waals surface area contributed by atoms with E-state index in [0.29, 0.717) is 13.0 Å². The van der Waals surface area contributed by atoms with Crippen molar-refractivity contribution in [2.24, 2.45) is 0 Å². The lowest BCUT2D eigenvalue weighted by Gasteiger charge is -2.25. The van der Waals surface area contributed by atoms with Crippen molar-refractivity contribution in [3.8, 4) is 12.3 Å². The van der Waals surface area contributed by atoms with Crippen LogP contribution >= 0.6 is 0 Å². The smallest absolute Gasteiger partial charge is 0.223 e. The second-order valence-corrected chi connectivity index (χ2v) is 4.22. The van der Waals surface area contributed by atoms with E-state index in [1.54, 1.807) is 13.8 Å². The number of morpholine rings is 1. The third-order valence-corrected chi connectivity index (χ3v) is 2.23. The van der Waals surface area contributed by atoms with E-state index in [2.05, 4.69) is 16.6 Å². The van der Waals surface area contributed by atoms with Gasteiger partial charge in [-0.2, -0.15) is 0 Å². The van der Waals surface area contributed by atoms with Gasteiger partial charge in [0.2, 0.25) is 5.91 Å². The number of carbonyl (C=O) groups is 1. The average Bonchev–Trinajstić information content (AvgIpc) is 2.18. The standard InChI is InChI=1S/C11H18N2O2/c1-4-11(2,3)13-10(14)7-9-8-12-5-6-15-9/h1,9,12H,5-8H2,2-3H3,(H,13,14). The highest BCUT2D eigenvalue weighted by Gasteiger charge is 2.21. The molecule has 2 N–H and O–H groups in total. The lowest BCUT2D eigenvalue weighted by molar-refractivity contribution is -0.125. The van der Waals surface area contributed by atoms with E-state index in [1.165, 1.54) is 0 Å². The first-order chi connectivity index (χ1) is 7.03. The largest absolute Gasteiger partial charge is 0.375 e. The lowest BCUT2D eigenvalue weighted by atomic mass is 10.1. The van der Waals surface area contributed by atoms with Gasteiger partial charge in [0, 0.05) is 13.1 Å². The molecule has 4 nitrogen and oxygen atoms in total. The lowest BCUT2D eigenvalue weighted by Crippen LogP contribution is -2.46. The summed E-state index contributed by atoms with van der Waals surface area (Å²) in [6, 6.07) is 0. The molecule has 1 amide bonds. The summed E-state index contributed by atoms with van der Waals surface area (Å²) in [5.74, 6) is 2.46. The highest BCUT2D eigenvalue weighted by molar-refractivity contribution is 5.77. The van der Waals surface area contributed by atoms with Crippen LogP contribution in [-0.4, -0.2) is 37.2 Å². The fourth-order valence-electron chi connectivity index (χ4n) is 1.39. The van der Waals surface area contributed by atoms with E-state index in [-0.39, 0.29) is 12.0 Å². The maximum absolute atomic E-state index is 11.6. The van der Waals surface area contributed by atoms with Gasteiger partial charge in [-0.25, -0.2) is 0 Å². The van der Waals surface area contributed by atoms with E-state index >= 15 is 0 Å². The van der Waals surface area contributed by atoms with Gasteiger partial charge in [-0.15, -0.1) is 6.42 Å². The Hall–Kier alpha value is -1.05. The Morgan fingerprint density at radius 1 is 1.73 bits per heavy atom. The van der Waals surface area contributed by atoms with Gasteiger partial charge in [-0.05, 0) is 13.8 Å². The van der Waals surface area contributed by atoms with Crippen LogP contribution in [0.3, 0.4) is 0 Å². The Kier molecular flexibility index (Phi) is 4.13. The summed E-state index contributed by atoms with van der Waals surface area (Å²) < 4.78 is 5.42. The molecule has 1 heterocycles. The number of amides is 1. The molecule has 0 radical (unpaired) electrons. The van der Waals surface area contributed by atoms with Gasteiger partial charge in [0.25, 0.3) is 0 Å². The molecule has 1 atom stereocenters. The van der Waals surface area contributed by atoms with Crippen LogP contribution in [0.15, 0.2) is 0 Å². The SMILES string of the molecule is C#CC(C)(C)NC(=O)CC1CNCCO1. The van der Waals surface area contributed by atoms with Crippen LogP contribution in [0, 0.1) is 12.3 Å². The molecule has 1 rings (SSSR count). The van der Waals surface area contributed by atoms with Gasteiger partial charge >= 0.3 is 0 Å². The molecule has 1 fully saturated rings. The average molecular weight is 210 g/mol. The molecule has 1 aliphatic rings. The van der Waals surface area contributed by atoms with Crippen LogP contribution in [0.2, 0.25) is 0 Å². The number of terminal acetylenes is 1. The zero-order chi connectivity index (χ0) is 11.3. The number of rotatable bonds is 3. The van der Waals surface area contributed by atoms with Crippen LogP contribution in [-0.2, 0) is 9.53 Å². The van der Waals surface area contributed by atoms with Crippen LogP contribution < -0.4 is 10.6 Å². The molecule has 1 aliphatic heterocycles. The maximum Gasteiger partial charge on any atom is 0.223 e. The van der Waals surface area contributed by atoms with Crippen molar-refractivity contribution in [3.63, 3.8) is 0 Å². The third kappa shape index (κ3) is 4.32. The Morgan fingerprint density at radius 3 is 3.00 bits per heavy atom. The third-order valence-electron chi connectivity index (χ3n) is 2.23. The molecule has 4 heteroatoms. The second kappa shape index (κ2) is 5.15. The summed E-state index contributed by atoms with van der Waals surface area (Å²) in [6.07, 6.45) is 5.60. The molecule has 0 spiro atoms. The van der Waals surface area contributed by atoms with Crippen LogP contribution in [0.1, 0.15) is 20.3 Å². The van der Waals surface area contributed by atoms with Crippen LogP contribution in [0.4, 0.5) is 0 Å². The first kappa shape index (κ1) is 12.0. The molecular weight excluding hydrogens is 192 g/mol. The second-order valence-electron chi connectivity index (χ2n) is 4.22. The number of carbonyl (C=O) groups excluding carboxylic acids is 1. The van der Waals surface area contributed by atoms with E-state index in [4.69, 9.17) is 11.2 Å². The summed E-state index contributed by atoms with van der Waals surface area (Å²) in [5.41, 5.74) is -0.584. The molecule has 0 bridgehead atoms. The Labute approximate surface area is 90.8 Å². The van der Waals surface area contributed by atoms with Crippen molar-refractivity contribution in [2.45, 2.75) is 31.9 Å². The molecule has 84 valence electrons. The minimum Gasteiger partial charge on any atom is -0.375 e. The van der Waals surface area contributed by atoms with Crippen molar-refractivity contribution in [1.29, 1.82) is 0 Å². The first-order valence-electron chi connectivity index (χ1n) is 5.14. The topological polar surface area (TPSA) is 50.4 Å². The predicted octanol–water partition coefficient (Wildman–Crippen LogP) is -0.107. The van der Waals surface area contributed by atoms with E-state index in [0.717, 1.165) is 13.1 Å². The normalized spacial score (nSPS) is 21.8. The first-order valence-corrected chi connectivity index (χ1v) is 5.14. The Bertz CT molecular complexity index is 262. The number of nitrogens with one attached hydrogen (secondary N) is 2. The van der Waals surface area contributed by atoms with Gasteiger partial charge in [-0.3, -0.25) is 4.79 Å². The monoisotopic (exact) mass is 210 g/mol. The van der Waals surface area contributed by atoms with Crippen molar-refractivity contribution in [2.75, 3.05) is 19.7 Å². The molecule has 15 heavy (non-hydrogen) atoms. The zero-order valence-electron chi connectivity index (χ0n) is 9.30. The maximum atomic E-state index is 11.6. The van der Waals surface area contributed by atoms with Crippen molar-refractivity contribution in [3.05, 3.63) is 0 Å². The number of hydrogen-bond donors (Lipinski definition) is 2. The van der Waals surface area contributed by atoms with Gasteiger partial charge in [0.15, 0.2) is 0 Å². The molecule has 1 unspecified atom stereocenters. The summed E-state index contributed by atoms with van der Waals surface area (Å²) in [7, 11) is 0. The predicted molar refractivity (Wildman–Crippen MR) is 58.3 cm³/mol. The van der Waals surface area contributed by atoms with Crippen molar-refractivity contribution in [1.82, 2.24) is 10.6 Å². The van der Waals surface area contributed by atoms with Crippen LogP contribution in [0.25, 0.3) is 0 Å². The fourth-order valence-corrected chi connectivity index (χ4v) is 1.39. The van der Waals surface area contributed by atoms with Crippen LogP contribution in [0.5, 0.6) is 0 Å². The molecule has 0 aromatic heterocycles. The fraction of sp³-hybridized carbons (Fsp3) is 0.727. The highest BCUT2D eigenvalue weighted by Crippen LogP contribution is 2.04. The van der Waals surface area contributed by atoms with Gasteiger partial charge in [-0.1, -0.05) is 5.92 Å². The zero-order valence-corrected chi connectivity index (χ0v) is 9.30. The minimum absolute atomic E-state index is 0.0349. The molecule has 0 aromatic carbocycles. The van der Waals surface area contributed by atoms with E-state index in [1.807, 2.05) is 0 Å². The number of hydrogen-bond acceptors (Lipinski definition) is 3. The molecule has 0 aromatic rings. The van der Waals surface area contributed by atoms with E-state index in [9.17, 15) is 4.79 Å². The van der Waals surface area contributed by atoms with E-state index < -0.39 is 5.54 Å². The van der Waals surface area contributed by atoms with Gasteiger partial charge < -0.3 is 15.4 Å². The molecule has 0 saturated carbocycles. The minimum atomic E-state index is -0.584. The van der Waals surface area contributed by atoms with Crippen molar-refractivity contribution < 1.29 is 9.53 Å². The summed E-state index contributed by atoms with van der Waals surface area (Å²) in [4.78, 5) is 11.6. The summed E-state index contributed by atoms with van der Waals surface area (Å²) in [6.45, 7) is 5.84. The molecule has 1 saturated heterocycles. The highest BCUT2D eigenvalue weighted by atomic mass is 16.5. The Balaban J connectivity index is 2.32. The summed E-state index contributed by atoms with van der Waals surface area (Å²) in [5, 5.41) is 5.94.